The van der Waals surface area contributed by atoms with Gasteiger partial charge in [-0.25, -0.2) is 0 Å². The van der Waals surface area contributed by atoms with Crippen molar-refractivity contribution in [2.45, 2.75) is 47.1 Å². The van der Waals surface area contributed by atoms with Crippen LogP contribution in [0.2, 0.25) is 0 Å². The van der Waals surface area contributed by atoms with Gasteiger partial charge in [0.25, 0.3) is 0 Å². The van der Waals surface area contributed by atoms with E-state index in [1.165, 1.54) is 17.0 Å². The quantitative estimate of drug-likeness (QED) is 0.663. The highest BCUT2D eigenvalue weighted by atomic mass is 15.0. The molecule has 0 aliphatic carbocycles. The number of nitrogens with zero attached hydrogens (tertiary/aromatic N) is 1. The minimum absolute atomic E-state index is 0.220. The maximum absolute atomic E-state index is 5.47. The minimum Gasteiger partial charge on any atom is -0.349 e. The van der Waals surface area contributed by atoms with E-state index in [1.54, 1.807) is 0 Å². The molecule has 0 saturated carbocycles. The second-order valence-electron chi connectivity index (χ2n) is 4.72. The lowest BCUT2D eigenvalue weighted by molar-refractivity contribution is 0.508. The standard InChI is InChI=1S/C14H21N/c1-7-11(4)14-8-12(5)15(13(14)6)9-10(2)3/h1,8,10-11H,9H2,2-6H3. The van der Waals surface area contributed by atoms with Gasteiger partial charge < -0.3 is 4.57 Å². The maximum Gasteiger partial charge on any atom is 0.0439 e. The first-order valence-corrected chi connectivity index (χ1v) is 5.60. The molecule has 1 atom stereocenters. The minimum atomic E-state index is 0.220. The Bertz CT molecular complexity index is 377. The SMILES string of the molecule is C#CC(C)c1cc(C)n(CC(C)C)c1C. The zero-order valence-electron chi connectivity index (χ0n) is 10.5. The van der Waals surface area contributed by atoms with Gasteiger partial charge in [0, 0.05) is 23.9 Å². The van der Waals surface area contributed by atoms with E-state index >= 15 is 0 Å². The third-order valence-corrected chi connectivity index (χ3v) is 2.88. The molecular weight excluding hydrogens is 182 g/mol. The molecular formula is C14H21N. The predicted octanol–water partition coefficient (Wildman–Crippen LogP) is 3.50. The number of aryl methyl sites for hydroxylation is 1. The summed E-state index contributed by atoms with van der Waals surface area (Å²) in [5, 5.41) is 0. The normalized spacial score (nSPS) is 12.9. The summed E-state index contributed by atoms with van der Waals surface area (Å²) in [7, 11) is 0. The fourth-order valence-electron chi connectivity index (χ4n) is 2.00. The van der Waals surface area contributed by atoms with Gasteiger partial charge in [0.2, 0.25) is 0 Å². The molecule has 0 saturated heterocycles. The highest BCUT2D eigenvalue weighted by Gasteiger charge is 2.13. The number of aromatic nitrogens is 1. The number of terminal acetylenes is 1. The molecule has 0 aromatic carbocycles. The summed E-state index contributed by atoms with van der Waals surface area (Å²) in [6, 6.07) is 2.22. The molecule has 0 aliphatic rings. The highest BCUT2D eigenvalue weighted by Crippen LogP contribution is 2.23. The van der Waals surface area contributed by atoms with Crippen molar-refractivity contribution in [1.82, 2.24) is 4.57 Å². The van der Waals surface area contributed by atoms with E-state index in [4.69, 9.17) is 6.42 Å². The van der Waals surface area contributed by atoms with Gasteiger partial charge in [0.05, 0.1) is 0 Å². The smallest absolute Gasteiger partial charge is 0.0439 e. The molecule has 1 heterocycles. The molecule has 0 fully saturated rings. The van der Waals surface area contributed by atoms with E-state index in [9.17, 15) is 0 Å². The molecule has 1 aromatic heterocycles. The highest BCUT2D eigenvalue weighted by molar-refractivity contribution is 5.34. The molecule has 0 aliphatic heterocycles. The molecule has 82 valence electrons. The monoisotopic (exact) mass is 203 g/mol. The van der Waals surface area contributed by atoms with Crippen molar-refractivity contribution >= 4 is 0 Å². The Morgan fingerprint density at radius 1 is 1.33 bits per heavy atom. The molecule has 1 rings (SSSR count). The van der Waals surface area contributed by atoms with Crippen LogP contribution >= 0.6 is 0 Å². The average molecular weight is 203 g/mol. The molecule has 15 heavy (non-hydrogen) atoms. The van der Waals surface area contributed by atoms with E-state index in [2.05, 4.69) is 51.2 Å². The summed E-state index contributed by atoms with van der Waals surface area (Å²) < 4.78 is 2.37. The molecule has 1 nitrogen and oxygen atoms in total. The largest absolute Gasteiger partial charge is 0.349 e. The summed E-state index contributed by atoms with van der Waals surface area (Å²) in [5.74, 6) is 3.69. The second-order valence-corrected chi connectivity index (χ2v) is 4.72. The van der Waals surface area contributed by atoms with Crippen LogP contribution in [0.4, 0.5) is 0 Å². The fraction of sp³-hybridized carbons (Fsp3) is 0.571. The lowest BCUT2D eigenvalue weighted by Crippen LogP contribution is -2.08. The lowest BCUT2D eigenvalue weighted by atomic mass is 10.0. The molecule has 0 spiro atoms. The molecule has 0 bridgehead atoms. The number of hydrogen-bond acceptors (Lipinski definition) is 0. The van der Waals surface area contributed by atoms with Crippen LogP contribution in [0.15, 0.2) is 6.07 Å². The first-order valence-electron chi connectivity index (χ1n) is 5.60. The van der Waals surface area contributed by atoms with Crippen molar-refractivity contribution in [2.75, 3.05) is 0 Å². The van der Waals surface area contributed by atoms with E-state index in [0.29, 0.717) is 5.92 Å². The van der Waals surface area contributed by atoms with Gasteiger partial charge >= 0.3 is 0 Å². The zero-order valence-corrected chi connectivity index (χ0v) is 10.5. The van der Waals surface area contributed by atoms with E-state index < -0.39 is 0 Å². The molecule has 1 aromatic rings. The van der Waals surface area contributed by atoms with Gasteiger partial charge in [-0.05, 0) is 38.3 Å². The van der Waals surface area contributed by atoms with Crippen molar-refractivity contribution in [3.8, 4) is 12.3 Å². The lowest BCUT2D eigenvalue weighted by Gasteiger charge is -2.13. The van der Waals surface area contributed by atoms with E-state index in [0.717, 1.165) is 6.54 Å². The number of hydrogen-bond donors (Lipinski definition) is 0. The van der Waals surface area contributed by atoms with E-state index in [1.807, 2.05) is 0 Å². The summed E-state index contributed by atoms with van der Waals surface area (Å²) in [4.78, 5) is 0. The van der Waals surface area contributed by atoms with Crippen LogP contribution < -0.4 is 0 Å². The van der Waals surface area contributed by atoms with Crippen molar-refractivity contribution in [3.05, 3.63) is 23.0 Å². The Hall–Kier alpha value is -1.16. The molecule has 0 amide bonds. The zero-order chi connectivity index (χ0) is 11.6. The van der Waals surface area contributed by atoms with Crippen LogP contribution in [0.1, 0.15) is 43.6 Å². The number of rotatable bonds is 3. The van der Waals surface area contributed by atoms with Crippen LogP contribution in [0.25, 0.3) is 0 Å². The summed E-state index contributed by atoms with van der Waals surface area (Å²) in [5.41, 5.74) is 3.95. The first kappa shape index (κ1) is 11.9. The molecule has 0 radical (unpaired) electrons. The van der Waals surface area contributed by atoms with Crippen LogP contribution in [-0.4, -0.2) is 4.57 Å². The van der Waals surface area contributed by atoms with Crippen LogP contribution in [0, 0.1) is 32.1 Å². The topological polar surface area (TPSA) is 4.93 Å². The van der Waals surface area contributed by atoms with E-state index in [-0.39, 0.29) is 5.92 Å². The van der Waals surface area contributed by atoms with Gasteiger partial charge in [-0.3, -0.25) is 0 Å². The Morgan fingerprint density at radius 2 is 1.93 bits per heavy atom. The van der Waals surface area contributed by atoms with Crippen molar-refractivity contribution < 1.29 is 0 Å². The molecule has 1 unspecified atom stereocenters. The van der Waals surface area contributed by atoms with Gasteiger partial charge in [0.15, 0.2) is 0 Å². The summed E-state index contributed by atoms with van der Waals surface area (Å²) in [6.07, 6.45) is 5.47. The van der Waals surface area contributed by atoms with Gasteiger partial charge in [-0.1, -0.05) is 19.8 Å². The second kappa shape index (κ2) is 4.57. The Balaban J connectivity index is 3.10. The van der Waals surface area contributed by atoms with Crippen LogP contribution in [0.3, 0.4) is 0 Å². The van der Waals surface area contributed by atoms with Crippen LogP contribution in [-0.2, 0) is 6.54 Å². The predicted molar refractivity (Wildman–Crippen MR) is 66.0 cm³/mol. The van der Waals surface area contributed by atoms with Gasteiger partial charge in [0.1, 0.15) is 0 Å². The van der Waals surface area contributed by atoms with Gasteiger partial charge in [-0.2, -0.15) is 0 Å². The van der Waals surface area contributed by atoms with Crippen LogP contribution in [0.5, 0.6) is 0 Å². The Morgan fingerprint density at radius 3 is 2.40 bits per heavy atom. The molecule has 1 heteroatoms. The van der Waals surface area contributed by atoms with Crippen molar-refractivity contribution in [2.24, 2.45) is 5.92 Å². The summed E-state index contributed by atoms with van der Waals surface area (Å²) in [6.45, 7) is 12.0. The van der Waals surface area contributed by atoms with Gasteiger partial charge in [-0.15, -0.1) is 6.42 Å². The fourth-order valence-corrected chi connectivity index (χ4v) is 2.00. The molecule has 0 N–H and O–H groups in total. The summed E-state index contributed by atoms with van der Waals surface area (Å²) >= 11 is 0. The third kappa shape index (κ3) is 2.45. The Labute approximate surface area is 93.5 Å². The third-order valence-electron chi connectivity index (χ3n) is 2.88. The van der Waals surface area contributed by atoms with Crippen molar-refractivity contribution in [3.63, 3.8) is 0 Å². The first-order chi connectivity index (χ1) is 6.97. The van der Waals surface area contributed by atoms with Crippen molar-refractivity contribution in [1.29, 1.82) is 0 Å². The average Bonchev–Trinajstić information content (AvgIpc) is 2.44. The Kier molecular flexibility index (Phi) is 3.63. The maximum atomic E-state index is 5.47.